The molecule has 0 aliphatic carbocycles. The Labute approximate surface area is 130 Å². The summed E-state index contributed by atoms with van der Waals surface area (Å²) in [4.78, 5) is 12.6. The summed E-state index contributed by atoms with van der Waals surface area (Å²) in [5.74, 6) is -1.52. The summed E-state index contributed by atoms with van der Waals surface area (Å²) in [5.41, 5.74) is 2.49. The van der Waals surface area contributed by atoms with Crippen LogP contribution in [0.1, 0.15) is 5.56 Å². The van der Waals surface area contributed by atoms with Crippen molar-refractivity contribution in [1.29, 1.82) is 0 Å². The molecule has 0 spiro atoms. The number of carbonyl (C=O) groups excluding carboxylic acids is 1. The van der Waals surface area contributed by atoms with Crippen LogP contribution < -0.4 is 16.0 Å². The Morgan fingerprint density at radius 3 is 2.45 bits per heavy atom. The molecule has 112 valence electrons. The van der Waals surface area contributed by atoms with Crippen molar-refractivity contribution in [2.24, 2.45) is 0 Å². The minimum atomic E-state index is -0.759. The first kappa shape index (κ1) is 14.4. The van der Waals surface area contributed by atoms with Crippen molar-refractivity contribution in [3.8, 4) is 0 Å². The van der Waals surface area contributed by atoms with Crippen LogP contribution in [0, 0.1) is 11.6 Å². The average Bonchev–Trinajstić information content (AvgIpc) is 2.76. The van der Waals surface area contributed by atoms with Crippen molar-refractivity contribution in [2.75, 3.05) is 16.0 Å². The lowest BCUT2D eigenvalue weighted by molar-refractivity contribution is 0.262. The second-order valence-corrected chi connectivity index (χ2v) is 5.33. The van der Waals surface area contributed by atoms with Gasteiger partial charge in [-0.2, -0.15) is 0 Å². The first-order valence-corrected chi connectivity index (χ1v) is 6.87. The predicted molar refractivity (Wildman–Crippen MR) is 85.4 cm³/mol. The summed E-state index contributed by atoms with van der Waals surface area (Å²) >= 11 is 5.08. The third kappa shape index (κ3) is 3.20. The number of hydrogen-bond acceptors (Lipinski definition) is 2. The Balaban J connectivity index is 1.69. The van der Waals surface area contributed by atoms with Crippen LogP contribution in [0.4, 0.5) is 30.6 Å². The number of anilines is 3. The van der Waals surface area contributed by atoms with Gasteiger partial charge < -0.3 is 16.0 Å². The van der Waals surface area contributed by atoms with Crippen LogP contribution in [0.5, 0.6) is 0 Å². The minimum absolute atomic E-state index is 0.0375. The van der Waals surface area contributed by atoms with E-state index in [1.807, 2.05) is 6.07 Å². The second kappa shape index (κ2) is 5.69. The number of thiocarbonyl (C=S) groups is 1. The van der Waals surface area contributed by atoms with E-state index in [2.05, 4.69) is 16.0 Å². The smallest absolute Gasteiger partial charge is 0.323 e. The Morgan fingerprint density at radius 2 is 1.73 bits per heavy atom. The summed E-state index contributed by atoms with van der Waals surface area (Å²) in [6, 6.07) is 7.56. The van der Waals surface area contributed by atoms with E-state index in [9.17, 15) is 13.6 Å². The van der Waals surface area contributed by atoms with Gasteiger partial charge in [0.05, 0.1) is 4.99 Å². The fourth-order valence-electron chi connectivity index (χ4n) is 2.21. The fourth-order valence-corrected chi connectivity index (χ4v) is 2.48. The highest BCUT2D eigenvalue weighted by atomic mass is 32.1. The summed E-state index contributed by atoms with van der Waals surface area (Å²) in [6.07, 6.45) is 0.680. The molecule has 4 nitrogen and oxygen atoms in total. The Hall–Kier alpha value is -2.54. The first-order chi connectivity index (χ1) is 10.5. The van der Waals surface area contributed by atoms with Crippen molar-refractivity contribution in [3.63, 3.8) is 0 Å². The molecule has 0 fully saturated rings. The molecule has 22 heavy (non-hydrogen) atoms. The number of rotatable bonds is 2. The fraction of sp³-hybridized carbons (Fsp3) is 0.0667. The van der Waals surface area contributed by atoms with E-state index < -0.39 is 17.7 Å². The van der Waals surface area contributed by atoms with Crippen LogP contribution >= 0.6 is 12.2 Å². The lowest BCUT2D eigenvalue weighted by Crippen LogP contribution is -2.19. The summed E-state index contributed by atoms with van der Waals surface area (Å²) < 4.78 is 26.1. The Bertz CT molecular complexity index is 759. The van der Waals surface area contributed by atoms with Gasteiger partial charge in [-0.3, -0.25) is 0 Å². The molecule has 3 rings (SSSR count). The second-order valence-electron chi connectivity index (χ2n) is 4.83. The zero-order valence-electron chi connectivity index (χ0n) is 11.2. The molecule has 2 aromatic carbocycles. The molecule has 1 aliphatic heterocycles. The molecule has 1 heterocycles. The highest BCUT2D eigenvalue weighted by Gasteiger charge is 2.15. The van der Waals surface area contributed by atoms with Crippen molar-refractivity contribution >= 4 is 40.3 Å². The lowest BCUT2D eigenvalue weighted by Gasteiger charge is -2.09. The van der Waals surface area contributed by atoms with E-state index in [0.717, 1.165) is 34.4 Å². The molecule has 0 atom stereocenters. The number of hydrogen-bond donors (Lipinski definition) is 3. The van der Waals surface area contributed by atoms with E-state index in [4.69, 9.17) is 12.2 Å². The standard InChI is InChI=1S/C15H11F2N3OS/c16-9-4-10(17)6-12(5-9)19-15(21)18-11-2-1-8-3-14(22)20-13(8)7-11/h1-2,4-7H,3H2,(H,20,22)(H2,18,19,21). The highest BCUT2D eigenvalue weighted by molar-refractivity contribution is 7.80. The lowest BCUT2D eigenvalue weighted by atomic mass is 10.1. The van der Waals surface area contributed by atoms with E-state index >= 15 is 0 Å². The number of halogens is 2. The molecule has 1 aliphatic rings. The van der Waals surface area contributed by atoms with Gasteiger partial charge in [0.1, 0.15) is 11.6 Å². The normalized spacial score (nSPS) is 12.5. The predicted octanol–water partition coefficient (Wildman–Crippen LogP) is 3.90. The van der Waals surface area contributed by atoms with Crippen LogP contribution in [0.2, 0.25) is 0 Å². The van der Waals surface area contributed by atoms with Gasteiger partial charge in [-0.15, -0.1) is 0 Å². The maximum Gasteiger partial charge on any atom is 0.323 e. The largest absolute Gasteiger partial charge is 0.349 e. The van der Waals surface area contributed by atoms with Crippen molar-refractivity contribution in [3.05, 3.63) is 53.6 Å². The number of nitrogens with one attached hydrogen (secondary N) is 3. The number of benzene rings is 2. The van der Waals surface area contributed by atoms with E-state index in [-0.39, 0.29) is 5.69 Å². The quantitative estimate of drug-likeness (QED) is 0.736. The van der Waals surface area contributed by atoms with Gasteiger partial charge in [0, 0.05) is 29.5 Å². The van der Waals surface area contributed by atoms with Crippen molar-refractivity contribution in [2.45, 2.75) is 6.42 Å². The van der Waals surface area contributed by atoms with Gasteiger partial charge in [-0.05, 0) is 29.8 Å². The first-order valence-electron chi connectivity index (χ1n) is 6.46. The number of urea groups is 1. The molecule has 0 unspecified atom stereocenters. The number of fused-ring (bicyclic) bond motifs is 1. The van der Waals surface area contributed by atoms with Crippen LogP contribution in [0.25, 0.3) is 0 Å². The van der Waals surface area contributed by atoms with Crippen molar-refractivity contribution in [1.82, 2.24) is 0 Å². The molecule has 3 N–H and O–H groups in total. The molecule has 0 saturated carbocycles. The van der Waals surface area contributed by atoms with Gasteiger partial charge in [0.25, 0.3) is 0 Å². The third-order valence-corrected chi connectivity index (χ3v) is 3.36. The zero-order valence-corrected chi connectivity index (χ0v) is 12.1. The molecule has 2 aromatic rings. The molecule has 0 saturated heterocycles. The summed E-state index contributed by atoms with van der Waals surface area (Å²) in [6.45, 7) is 0. The summed E-state index contributed by atoms with van der Waals surface area (Å²) in [5, 5.41) is 8.00. The maximum atomic E-state index is 13.1. The van der Waals surface area contributed by atoms with Crippen LogP contribution in [0.3, 0.4) is 0 Å². The van der Waals surface area contributed by atoms with Crippen LogP contribution in [-0.2, 0) is 6.42 Å². The topological polar surface area (TPSA) is 53.2 Å². The van der Waals surface area contributed by atoms with Gasteiger partial charge in [0.2, 0.25) is 0 Å². The number of amides is 2. The van der Waals surface area contributed by atoms with Gasteiger partial charge in [0.15, 0.2) is 0 Å². The van der Waals surface area contributed by atoms with Crippen LogP contribution in [-0.4, -0.2) is 11.0 Å². The molecule has 7 heteroatoms. The highest BCUT2D eigenvalue weighted by Crippen LogP contribution is 2.27. The average molecular weight is 319 g/mol. The van der Waals surface area contributed by atoms with Crippen molar-refractivity contribution < 1.29 is 13.6 Å². The Kier molecular flexibility index (Phi) is 3.72. The monoisotopic (exact) mass is 319 g/mol. The molecule has 0 aromatic heterocycles. The van der Waals surface area contributed by atoms with E-state index in [1.54, 1.807) is 12.1 Å². The molecule has 2 amide bonds. The zero-order chi connectivity index (χ0) is 15.7. The van der Waals surface area contributed by atoms with Gasteiger partial charge >= 0.3 is 6.03 Å². The van der Waals surface area contributed by atoms with Crippen LogP contribution in [0.15, 0.2) is 36.4 Å². The Morgan fingerprint density at radius 1 is 1.05 bits per heavy atom. The van der Waals surface area contributed by atoms with E-state index in [0.29, 0.717) is 12.1 Å². The molecule has 0 radical (unpaired) electrons. The maximum absolute atomic E-state index is 13.1. The summed E-state index contributed by atoms with van der Waals surface area (Å²) in [7, 11) is 0. The van der Waals surface area contributed by atoms with E-state index in [1.165, 1.54) is 0 Å². The molecular weight excluding hydrogens is 308 g/mol. The number of carbonyl (C=O) groups is 1. The SMILES string of the molecule is O=C(Nc1cc(F)cc(F)c1)Nc1ccc2c(c1)NC(=S)C2. The molecular formula is C15H11F2N3OS. The van der Waals surface area contributed by atoms with Gasteiger partial charge in [-0.1, -0.05) is 18.3 Å². The molecule has 0 bridgehead atoms. The minimum Gasteiger partial charge on any atom is -0.349 e. The van der Waals surface area contributed by atoms with Gasteiger partial charge in [-0.25, -0.2) is 13.6 Å². The third-order valence-electron chi connectivity index (χ3n) is 3.11.